The SMILES string of the molecule is O=C([O-])[C@@H]1CS[C@@H](c2ccoc2)N1C(=O)c1ccc(F)cc1. The van der Waals surface area contributed by atoms with Gasteiger partial charge in [-0.2, -0.15) is 0 Å². The number of benzene rings is 1. The molecule has 1 saturated heterocycles. The molecule has 7 heteroatoms. The Balaban J connectivity index is 1.96. The van der Waals surface area contributed by atoms with E-state index < -0.39 is 29.1 Å². The van der Waals surface area contributed by atoms with E-state index >= 15 is 0 Å². The van der Waals surface area contributed by atoms with Gasteiger partial charge < -0.3 is 19.2 Å². The molecule has 0 radical (unpaired) electrons. The van der Waals surface area contributed by atoms with Crippen LogP contribution in [-0.2, 0) is 4.79 Å². The van der Waals surface area contributed by atoms with E-state index in [1.165, 1.54) is 41.3 Å². The fourth-order valence-corrected chi connectivity index (χ4v) is 3.74. The van der Waals surface area contributed by atoms with Gasteiger partial charge in [0.15, 0.2) is 0 Å². The van der Waals surface area contributed by atoms with Crippen LogP contribution in [0.1, 0.15) is 21.3 Å². The number of rotatable bonds is 3. The first kappa shape index (κ1) is 14.6. The second-order valence-corrected chi connectivity index (χ2v) is 5.91. The third-order valence-electron chi connectivity index (χ3n) is 3.43. The Hall–Kier alpha value is -2.28. The molecule has 2 aromatic rings. The van der Waals surface area contributed by atoms with Crippen molar-refractivity contribution in [2.75, 3.05) is 5.75 Å². The Labute approximate surface area is 129 Å². The van der Waals surface area contributed by atoms with Gasteiger partial charge in [0.1, 0.15) is 11.2 Å². The number of carbonyl (C=O) groups is 2. The van der Waals surface area contributed by atoms with Gasteiger partial charge in [0, 0.05) is 16.9 Å². The Morgan fingerprint density at radius 2 is 2.00 bits per heavy atom. The molecule has 2 heterocycles. The number of carboxylic acids is 1. The van der Waals surface area contributed by atoms with E-state index in [0.717, 1.165) is 12.1 Å². The smallest absolute Gasteiger partial charge is 0.255 e. The Morgan fingerprint density at radius 3 is 2.59 bits per heavy atom. The average Bonchev–Trinajstić information content (AvgIpc) is 3.16. The van der Waals surface area contributed by atoms with Gasteiger partial charge in [-0.25, -0.2) is 4.39 Å². The molecule has 5 nitrogen and oxygen atoms in total. The number of nitrogens with zero attached hydrogens (tertiary/aromatic N) is 1. The molecule has 0 unspecified atom stereocenters. The lowest BCUT2D eigenvalue weighted by Gasteiger charge is -2.29. The van der Waals surface area contributed by atoms with Crippen molar-refractivity contribution in [2.24, 2.45) is 0 Å². The summed E-state index contributed by atoms with van der Waals surface area (Å²) in [4.78, 5) is 25.2. The molecular formula is C15H11FNO4S-. The zero-order valence-electron chi connectivity index (χ0n) is 11.3. The molecule has 1 aromatic heterocycles. The van der Waals surface area contributed by atoms with Crippen LogP contribution in [0.25, 0.3) is 0 Å². The van der Waals surface area contributed by atoms with Gasteiger partial charge in [-0.05, 0) is 30.3 Å². The number of carboxylic acid groups (broad SMARTS) is 1. The Kier molecular flexibility index (Phi) is 3.89. The number of carbonyl (C=O) groups excluding carboxylic acids is 2. The van der Waals surface area contributed by atoms with E-state index in [-0.39, 0.29) is 11.3 Å². The van der Waals surface area contributed by atoms with Crippen LogP contribution >= 0.6 is 11.8 Å². The van der Waals surface area contributed by atoms with Crippen molar-refractivity contribution in [3.8, 4) is 0 Å². The van der Waals surface area contributed by atoms with Gasteiger partial charge in [0.25, 0.3) is 5.91 Å². The molecule has 114 valence electrons. The van der Waals surface area contributed by atoms with E-state index in [4.69, 9.17) is 4.42 Å². The summed E-state index contributed by atoms with van der Waals surface area (Å²) in [5.74, 6) is -2.03. The van der Waals surface area contributed by atoms with Crippen molar-refractivity contribution in [3.05, 3.63) is 59.8 Å². The number of thioether (sulfide) groups is 1. The van der Waals surface area contributed by atoms with Crippen LogP contribution in [0.15, 0.2) is 47.3 Å². The number of amides is 1. The minimum atomic E-state index is -1.31. The summed E-state index contributed by atoms with van der Waals surface area (Å²) < 4.78 is 18.0. The van der Waals surface area contributed by atoms with Crippen LogP contribution in [0.4, 0.5) is 4.39 Å². The topological polar surface area (TPSA) is 73.6 Å². The second-order valence-electron chi connectivity index (χ2n) is 4.80. The highest BCUT2D eigenvalue weighted by Gasteiger charge is 2.40. The predicted octanol–water partition coefficient (Wildman–Crippen LogP) is 1.43. The first-order chi connectivity index (χ1) is 10.6. The maximum absolute atomic E-state index is 13.0. The molecule has 0 saturated carbocycles. The van der Waals surface area contributed by atoms with Crippen LogP contribution in [0.5, 0.6) is 0 Å². The van der Waals surface area contributed by atoms with Crippen molar-refractivity contribution < 1.29 is 23.5 Å². The summed E-state index contributed by atoms with van der Waals surface area (Å²) in [6.45, 7) is 0. The fraction of sp³-hybridized carbons (Fsp3) is 0.200. The van der Waals surface area contributed by atoms with E-state index in [2.05, 4.69) is 0 Å². The third-order valence-corrected chi connectivity index (χ3v) is 4.75. The molecule has 1 aliphatic heterocycles. The monoisotopic (exact) mass is 320 g/mol. The summed E-state index contributed by atoms with van der Waals surface area (Å²) in [5, 5.41) is 10.8. The Bertz CT molecular complexity index is 686. The lowest BCUT2D eigenvalue weighted by atomic mass is 10.1. The van der Waals surface area contributed by atoms with Gasteiger partial charge in [-0.3, -0.25) is 4.79 Å². The quantitative estimate of drug-likeness (QED) is 0.855. The minimum Gasteiger partial charge on any atom is -0.548 e. The summed E-state index contributed by atoms with van der Waals surface area (Å²) in [6.07, 6.45) is 2.93. The molecule has 1 aliphatic rings. The molecule has 3 rings (SSSR count). The zero-order chi connectivity index (χ0) is 15.7. The predicted molar refractivity (Wildman–Crippen MR) is 75.3 cm³/mol. The van der Waals surface area contributed by atoms with E-state index in [0.29, 0.717) is 5.56 Å². The molecule has 0 aliphatic carbocycles. The van der Waals surface area contributed by atoms with Gasteiger partial charge >= 0.3 is 0 Å². The summed E-state index contributed by atoms with van der Waals surface area (Å²) in [5.41, 5.74) is 0.924. The molecular weight excluding hydrogens is 309 g/mol. The van der Waals surface area contributed by atoms with Gasteiger partial charge in [0.05, 0.1) is 24.5 Å². The third kappa shape index (κ3) is 2.59. The standard InChI is InChI=1S/C15H12FNO4S/c16-11-3-1-9(2-4-11)13(18)17-12(15(19)20)8-22-14(17)10-5-6-21-7-10/h1-7,12,14H,8H2,(H,19,20)/p-1/t12-,14-/m0/s1. The zero-order valence-corrected chi connectivity index (χ0v) is 12.1. The normalized spacial score (nSPS) is 21.0. The molecule has 0 bridgehead atoms. The highest BCUT2D eigenvalue weighted by molar-refractivity contribution is 7.99. The number of furan rings is 1. The van der Waals surface area contributed by atoms with Crippen molar-refractivity contribution in [1.29, 1.82) is 0 Å². The van der Waals surface area contributed by atoms with Crippen molar-refractivity contribution in [2.45, 2.75) is 11.4 Å². The van der Waals surface area contributed by atoms with E-state index in [1.807, 2.05) is 0 Å². The van der Waals surface area contributed by atoms with Crippen LogP contribution in [0.2, 0.25) is 0 Å². The van der Waals surface area contributed by atoms with Gasteiger partial charge in [-0.15, -0.1) is 11.8 Å². The summed E-state index contributed by atoms with van der Waals surface area (Å²) >= 11 is 1.32. The van der Waals surface area contributed by atoms with Gasteiger partial charge in [-0.1, -0.05) is 0 Å². The molecule has 1 aromatic carbocycles. The van der Waals surface area contributed by atoms with Gasteiger partial charge in [0.2, 0.25) is 0 Å². The number of aliphatic carboxylic acids is 1. The van der Waals surface area contributed by atoms with Crippen LogP contribution < -0.4 is 5.11 Å². The minimum absolute atomic E-state index is 0.226. The largest absolute Gasteiger partial charge is 0.548 e. The number of halogens is 1. The molecule has 22 heavy (non-hydrogen) atoms. The van der Waals surface area contributed by atoms with Crippen molar-refractivity contribution in [1.82, 2.24) is 4.90 Å². The van der Waals surface area contributed by atoms with Crippen molar-refractivity contribution >= 4 is 23.6 Å². The highest BCUT2D eigenvalue weighted by atomic mass is 32.2. The average molecular weight is 320 g/mol. The first-order valence-corrected chi connectivity index (χ1v) is 7.55. The van der Waals surface area contributed by atoms with Crippen molar-refractivity contribution in [3.63, 3.8) is 0 Å². The molecule has 1 fully saturated rings. The Morgan fingerprint density at radius 1 is 1.27 bits per heavy atom. The van der Waals surface area contributed by atoms with E-state index in [9.17, 15) is 19.1 Å². The van der Waals surface area contributed by atoms with Crippen LogP contribution in [-0.4, -0.2) is 28.6 Å². The molecule has 2 atom stereocenters. The lowest BCUT2D eigenvalue weighted by Crippen LogP contribution is -2.49. The maximum Gasteiger partial charge on any atom is 0.255 e. The fourth-order valence-electron chi connectivity index (χ4n) is 2.35. The second kappa shape index (κ2) is 5.84. The van der Waals surface area contributed by atoms with Crippen LogP contribution in [0, 0.1) is 5.82 Å². The highest BCUT2D eigenvalue weighted by Crippen LogP contribution is 2.42. The molecule has 0 N–H and O–H groups in total. The molecule has 1 amide bonds. The maximum atomic E-state index is 13.0. The number of hydrogen-bond donors (Lipinski definition) is 0. The first-order valence-electron chi connectivity index (χ1n) is 6.50. The summed E-state index contributed by atoms with van der Waals surface area (Å²) in [7, 11) is 0. The molecule has 0 spiro atoms. The lowest BCUT2D eigenvalue weighted by molar-refractivity contribution is -0.310. The number of hydrogen-bond acceptors (Lipinski definition) is 5. The van der Waals surface area contributed by atoms with Crippen LogP contribution in [0.3, 0.4) is 0 Å². The van der Waals surface area contributed by atoms with E-state index in [1.54, 1.807) is 6.07 Å². The summed E-state index contributed by atoms with van der Waals surface area (Å²) in [6, 6.07) is 5.63.